The number of hydrogen-bond acceptors (Lipinski definition) is 2. The molecule has 0 radical (unpaired) electrons. The first kappa shape index (κ1) is 18.7. The second-order valence-corrected chi connectivity index (χ2v) is 7.61. The molecule has 0 heterocycles. The van der Waals surface area contributed by atoms with E-state index < -0.39 is 0 Å². The number of nitrogens with one attached hydrogen (secondary N) is 3. The third-order valence-corrected chi connectivity index (χ3v) is 5.37. The molecule has 4 nitrogen and oxygen atoms in total. The van der Waals surface area contributed by atoms with E-state index in [1.807, 2.05) is 24.3 Å². The van der Waals surface area contributed by atoms with Crippen LogP contribution in [0.15, 0.2) is 24.3 Å². The lowest BCUT2D eigenvalue weighted by Crippen LogP contribution is -2.52. The van der Waals surface area contributed by atoms with Gasteiger partial charge in [0.2, 0.25) is 0 Å². The zero-order chi connectivity index (χ0) is 17.7. The van der Waals surface area contributed by atoms with Gasteiger partial charge in [0.25, 0.3) is 5.91 Å². The average molecular weight is 348 g/mol. The van der Waals surface area contributed by atoms with Gasteiger partial charge in [-0.25, -0.2) is 0 Å². The molecule has 1 saturated carbocycles. The monoisotopic (exact) mass is 347 g/mol. The third kappa shape index (κ3) is 4.94. The van der Waals surface area contributed by atoms with Crippen molar-refractivity contribution in [3.8, 4) is 0 Å². The lowest BCUT2D eigenvalue weighted by Gasteiger charge is -2.35. The van der Waals surface area contributed by atoms with E-state index >= 15 is 0 Å². The minimum atomic E-state index is -0.181. The molecule has 0 bridgehead atoms. The fraction of sp³-hybridized carbons (Fsp3) is 0.579. The Morgan fingerprint density at radius 1 is 1.12 bits per heavy atom. The number of carbonyl (C=O) groups is 1. The summed E-state index contributed by atoms with van der Waals surface area (Å²) < 4.78 is 0. The molecule has 1 fully saturated rings. The Kier molecular flexibility index (Phi) is 6.60. The van der Waals surface area contributed by atoms with Gasteiger partial charge in [0.1, 0.15) is 0 Å². The van der Waals surface area contributed by atoms with Crippen LogP contribution in [0.4, 0.5) is 0 Å². The Labute approximate surface area is 150 Å². The highest BCUT2D eigenvalue weighted by Crippen LogP contribution is 2.29. The van der Waals surface area contributed by atoms with Crippen LogP contribution in [0.3, 0.4) is 0 Å². The van der Waals surface area contributed by atoms with Crippen molar-refractivity contribution in [2.45, 2.75) is 58.9 Å². The van der Waals surface area contributed by atoms with Crippen LogP contribution in [0.1, 0.15) is 68.8 Å². The van der Waals surface area contributed by atoms with Gasteiger partial charge >= 0.3 is 0 Å². The van der Waals surface area contributed by atoms with Gasteiger partial charge in [0.15, 0.2) is 5.11 Å². The molecule has 1 amide bonds. The molecule has 3 atom stereocenters. The highest BCUT2D eigenvalue weighted by atomic mass is 32.1. The topological polar surface area (TPSA) is 53.2 Å². The molecule has 3 N–H and O–H groups in total. The molecule has 5 heteroatoms. The molecule has 0 unspecified atom stereocenters. The quantitative estimate of drug-likeness (QED) is 0.576. The molecule has 0 aliphatic heterocycles. The molecule has 0 spiro atoms. The summed E-state index contributed by atoms with van der Waals surface area (Å²) in [6, 6.07) is 8.03. The zero-order valence-corrected chi connectivity index (χ0v) is 15.9. The standard InChI is InChI=1S/C19H29N3OS/c1-12(2)15-8-10-16(11-9-15)18(23)21-22-19(24)20-17-7-5-6-13(3)14(17)4/h8-14,17H,5-7H2,1-4H3,(H,21,23)(H2,20,22,24)/t13-,14+,17-/m0/s1. The summed E-state index contributed by atoms with van der Waals surface area (Å²) in [6.45, 7) is 8.82. The van der Waals surface area contributed by atoms with Gasteiger partial charge in [-0.15, -0.1) is 0 Å². The molecular formula is C19H29N3OS. The molecule has 1 aliphatic rings. The van der Waals surface area contributed by atoms with Crippen molar-refractivity contribution in [1.82, 2.24) is 16.2 Å². The Morgan fingerprint density at radius 2 is 1.79 bits per heavy atom. The molecule has 1 aromatic carbocycles. The highest BCUT2D eigenvalue weighted by molar-refractivity contribution is 7.80. The van der Waals surface area contributed by atoms with Crippen molar-refractivity contribution >= 4 is 23.2 Å². The van der Waals surface area contributed by atoms with Crippen LogP contribution in [-0.2, 0) is 0 Å². The SMILES string of the molecule is CC(C)c1ccc(C(=O)NNC(=S)N[C@H]2CCC[C@H](C)[C@H]2C)cc1. The number of hydrazine groups is 1. The number of thiocarbonyl (C=S) groups is 1. The summed E-state index contributed by atoms with van der Waals surface area (Å²) >= 11 is 5.31. The number of hydrogen-bond donors (Lipinski definition) is 3. The number of carbonyl (C=O) groups excluding carboxylic acids is 1. The van der Waals surface area contributed by atoms with Gasteiger partial charge in [0.05, 0.1) is 0 Å². The minimum Gasteiger partial charge on any atom is -0.358 e. The van der Waals surface area contributed by atoms with E-state index in [9.17, 15) is 4.79 Å². The van der Waals surface area contributed by atoms with E-state index in [0.717, 1.165) is 6.42 Å². The van der Waals surface area contributed by atoms with E-state index in [1.54, 1.807) is 0 Å². The molecular weight excluding hydrogens is 318 g/mol. The second-order valence-electron chi connectivity index (χ2n) is 7.20. The van der Waals surface area contributed by atoms with Crippen LogP contribution in [0.2, 0.25) is 0 Å². The van der Waals surface area contributed by atoms with Crippen molar-refractivity contribution in [3.05, 3.63) is 35.4 Å². The van der Waals surface area contributed by atoms with E-state index in [2.05, 4.69) is 43.9 Å². The van der Waals surface area contributed by atoms with Crippen molar-refractivity contribution in [2.75, 3.05) is 0 Å². The Hall–Kier alpha value is -1.62. The smallest absolute Gasteiger partial charge is 0.269 e. The molecule has 1 aromatic rings. The summed E-state index contributed by atoms with van der Waals surface area (Å²) in [5.41, 5.74) is 7.33. The molecule has 132 valence electrons. The van der Waals surface area contributed by atoms with Gasteiger partial charge in [-0.1, -0.05) is 52.7 Å². The normalized spacial score (nSPS) is 23.6. The lowest BCUT2D eigenvalue weighted by atomic mass is 9.78. The predicted octanol–water partition coefficient (Wildman–Crippen LogP) is 3.74. The molecule has 2 rings (SSSR count). The fourth-order valence-electron chi connectivity index (χ4n) is 3.20. The predicted molar refractivity (Wildman–Crippen MR) is 103 cm³/mol. The Morgan fingerprint density at radius 3 is 2.42 bits per heavy atom. The first-order valence-electron chi connectivity index (χ1n) is 8.85. The zero-order valence-electron chi connectivity index (χ0n) is 15.1. The Balaban J connectivity index is 1.81. The largest absolute Gasteiger partial charge is 0.358 e. The summed E-state index contributed by atoms with van der Waals surface area (Å²) in [5, 5.41) is 3.82. The summed E-state index contributed by atoms with van der Waals surface area (Å²) in [5.74, 6) is 1.56. The Bertz CT molecular complexity index is 570. The average Bonchev–Trinajstić information content (AvgIpc) is 2.57. The first-order chi connectivity index (χ1) is 11.4. The second kappa shape index (κ2) is 8.47. The third-order valence-electron chi connectivity index (χ3n) is 5.15. The van der Waals surface area contributed by atoms with Gasteiger partial charge in [-0.2, -0.15) is 0 Å². The molecule has 0 aromatic heterocycles. The number of amides is 1. The molecule has 0 saturated heterocycles. The van der Waals surface area contributed by atoms with Crippen molar-refractivity contribution in [1.29, 1.82) is 0 Å². The van der Waals surface area contributed by atoms with Crippen LogP contribution < -0.4 is 16.2 Å². The summed E-state index contributed by atoms with van der Waals surface area (Å²) in [6.07, 6.45) is 3.63. The van der Waals surface area contributed by atoms with Gasteiger partial charge < -0.3 is 5.32 Å². The van der Waals surface area contributed by atoms with E-state index in [0.29, 0.717) is 34.5 Å². The highest BCUT2D eigenvalue weighted by Gasteiger charge is 2.27. The van der Waals surface area contributed by atoms with Crippen LogP contribution in [-0.4, -0.2) is 17.1 Å². The van der Waals surface area contributed by atoms with Gasteiger partial charge in [-0.3, -0.25) is 15.6 Å². The number of benzene rings is 1. The van der Waals surface area contributed by atoms with Crippen LogP contribution >= 0.6 is 12.2 Å². The van der Waals surface area contributed by atoms with E-state index in [4.69, 9.17) is 12.2 Å². The van der Waals surface area contributed by atoms with Crippen molar-refractivity contribution < 1.29 is 4.79 Å². The summed E-state index contributed by atoms with van der Waals surface area (Å²) in [7, 11) is 0. The minimum absolute atomic E-state index is 0.181. The maximum atomic E-state index is 12.2. The van der Waals surface area contributed by atoms with Gasteiger partial charge in [0, 0.05) is 11.6 Å². The van der Waals surface area contributed by atoms with Gasteiger partial charge in [-0.05, 0) is 54.1 Å². The van der Waals surface area contributed by atoms with Crippen molar-refractivity contribution in [3.63, 3.8) is 0 Å². The van der Waals surface area contributed by atoms with Crippen LogP contribution in [0, 0.1) is 11.8 Å². The lowest BCUT2D eigenvalue weighted by molar-refractivity contribution is 0.0943. The first-order valence-corrected chi connectivity index (χ1v) is 9.26. The number of rotatable bonds is 3. The maximum absolute atomic E-state index is 12.2. The summed E-state index contributed by atoms with van der Waals surface area (Å²) in [4.78, 5) is 12.2. The van der Waals surface area contributed by atoms with Crippen LogP contribution in [0.25, 0.3) is 0 Å². The molecule has 1 aliphatic carbocycles. The molecule has 24 heavy (non-hydrogen) atoms. The maximum Gasteiger partial charge on any atom is 0.269 e. The van der Waals surface area contributed by atoms with E-state index in [1.165, 1.54) is 18.4 Å². The van der Waals surface area contributed by atoms with E-state index in [-0.39, 0.29) is 5.91 Å². The van der Waals surface area contributed by atoms with Crippen molar-refractivity contribution in [2.24, 2.45) is 11.8 Å². The van der Waals surface area contributed by atoms with Crippen LogP contribution in [0.5, 0.6) is 0 Å². The fourth-order valence-corrected chi connectivity index (χ4v) is 3.40.